The Kier molecular flexibility index (Phi) is 11.8. The zero-order chi connectivity index (χ0) is 26.6. The highest BCUT2D eigenvalue weighted by Gasteiger charge is 2.30. The third-order valence-electron chi connectivity index (χ3n) is 6.07. The molecule has 7 heteroatoms. The lowest BCUT2D eigenvalue weighted by Crippen LogP contribution is -2.51. The highest BCUT2D eigenvalue weighted by atomic mass is 35.5. The molecule has 0 heterocycles. The van der Waals surface area contributed by atoms with Crippen LogP contribution in [0.1, 0.15) is 42.0 Å². The molecule has 0 fully saturated rings. The third kappa shape index (κ3) is 9.41. The molecule has 3 aromatic rings. The maximum atomic E-state index is 13.7. The molecule has 4 nitrogen and oxygen atoms in total. The minimum absolute atomic E-state index is 0.102. The van der Waals surface area contributed by atoms with E-state index in [0.29, 0.717) is 28.8 Å². The maximum absolute atomic E-state index is 13.7. The first kappa shape index (κ1) is 29.1. The molecule has 196 valence electrons. The third-order valence-corrected chi connectivity index (χ3v) is 7.65. The number of unbranched alkanes of at least 4 members (excludes halogenated alkanes) is 1. The van der Waals surface area contributed by atoms with Crippen molar-refractivity contribution in [2.75, 3.05) is 12.3 Å². The Morgan fingerprint density at radius 2 is 1.70 bits per heavy atom. The summed E-state index contributed by atoms with van der Waals surface area (Å²) in [4.78, 5) is 28.8. The normalized spacial score (nSPS) is 11.7. The lowest BCUT2D eigenvalue weighted by Gasteiger charge is -2.32. The van der Waals surface area contributed by atoms with Crippen LogP contribution in [0.5, 0.6) is 0 Å². The minimum atomic E-state index is -0.668. The van der Waals surface area contributed by atoms with Gasteiger partial charge in [-0.2, -0.15) is 0 Å². The highest BCUT2D eigenvalue weighted by molar-refractivity contribution is 7.99. The maximum Gasteiger partial charge on any atom is 0.243 e. The summed E-state index contributed by atoms with van der Waals surface area (Å²) in [6, 6.07) is 22.7. The van der Waals surface area contributed by atoms with E-state index in [4.69, 9.17) is 23.2 Å². The Bertz CT molecular complexity index is 1160. The number of hydrogen-bond acceptors (Lipinski definition) is 3. The van der Waals surface area contributed by atoms with Crippen LogP contribution in [0.25, 0.3) is 0 Å². The van der Waals surface area contributed by atoms with Crippen molar-refractivity contribution in [1.82, 2.24) is 10.2 Å². The van der Waals surface area contributed by atoms with Crippen molar-refractivity contribution in [3.63, 3.8) is 0 Å². The predicted octanol–water partition coefficient (Wildman–Crippen LogP) is 7.09. The summed E-state index contributed by atoms with van der Waals surface area (Å²) in [5, 5.41) is 4.04. The summed E-state index contributed by atoms with van der Waals surface area (Å²) in [5.41, 5.74) is 4.11. The number of nitrogens with zero attached hydrogens (tertiary/aromatic N) is 1. The Labute approximate surface area is 234 Å². The van der Waals surface area contributed by atoms with E-state index < -0.39 is 6.04 Å². The molecular formula is C30H34Cl2N2O2S. The van der Waals surface area contributed by atoms with E-state index >= 15 is 0 Å². The van der Waals surface area contributed by atoms with Crippen molar-refractivity contribution in [3.8, 4) is 0 Å². The average molecular weight is 558 g/mol. The van der Waals surface area contributed by atoms with E-state index in [9.17, 15) is 9.59 Å². The molecule has 0 unspecified atom stereocenters. The van der Waals surface area contributed by atoms with Crippen molar-refractivity contribution < 1.29 is 9.59 Å². The highest BCUT2D eigenvalue weighted by Crippen LogP contribution is 2.25. The van der Waals surface area contributed by atoms with Crippen molar-refractivity contribution >= 4 is 46.8 Å². The van der Waals surface area contributed by atoms with Crippen LogP contribution in [-0.2, 0) is 28.3 Å². The molecule has 3 rings (SSSR count). The molecule has 0 aliphatic carbocycles. The number of carbonyl (C=O) groups is 2. The van der Waals surface area contributed by atoms with Gasteiger partial charge in [-0.25, -0.2) is 0 Å². The summed E-state index contributed by atoms with van der Waals surface area (Å²) >= 11 is 14.2. The van der Waals surface area contributed by atoms with Gasteiger partial charge in [0.05, 0.1) is 5.75 Å². The van der Waals surface area contributed by atoms with Crippen LogP contribution < -0.4 is 5.32 Å². The number of halogens is 2. The van der Waals surface area contributed by atoms with Crippen molar-refractivity contribution in [3.05, 3.63) is 105 Å². The molecule has 1 atom stereocenters. The Morgan fingerprint density at radius 3 is 2.38 bits per heavy atom. The number of hydrogen-bond donors (Lipinski definition) is 1. The van der Waals surface area contributed by atoms with Crippen LogP contribution in [0.4, 0.5) is 0 Å². The van der Waals surface area contributed by atoms with Gasteiger partial charge < -0.3 is 10.2 Å². The number of amides is 2. The second-order valence-corrected chi connectivity index (χ2v) is 10.9. The first-order valence-electron chi connectivity index (χ1n) is 12.6. The molecule has 1 N–H and O–H groups in total. The molecule has 0 spiro atoms. The fraction of sp³-hybridized carbons (Fsp3) is 0.333. The van der Waals surface area contributed by atoms with Gasteiger partial charge in [-0.15, -0.1) is 11.8 Å². The zero-order valence-electron chi connectivity index (χ0n) is 21.4. The van der Waals surface area contributed by atoms with Gasteiger partial charge in [-0.05, 0) is 42.2 Å². The fourth-order valence-corrected chi connectivity index (χ4v) is 5.26. The molecule has 0 saturated heterocycles. The number of benzene rings is 3. The number of nitrogens with one attached hydrogen (secondary N) is 1. The van der Waals surface area contributed by atoms with Crippen LogP contribution in [0.15, 0.2) is 72.8 Å². The molecule has 0 bridgehead atoms. The number of carbonyl (C=O) groups excluding carboxylic acids is 2. The van der Waals surface area contributed by atoms with Crippen LogP contribution in [0, 0.1) is 6.92 Å². The number of aryl methyl sites for hydroxylation is 1. The van der Waals surface area contributed by atoms with Crippen LogP contribution in [-0.4, -0.2) is 35.1 Å². The Morgan fingerprint density at radius 1 is 0.973 bits per heavy atom. The molecule has 0 aromatic heterocycles. The quantitative estimate of drug-likeness (QED) is 0.228. The Balaban J connectivity index is 1.85. The first-order valence-corrected chi connectivity index (χ1v) is 14.5. The number of thioether (sulfide) groups is 1. The fourth-order valence-electron chi connectivity index (χ4n) is 3.92. The van der Waals surface area contributed by atoms with Crippen molar-refractivity contribution in [2.24, 2.45) is 0 Å². The van der Waals surface area contributed by atoms with E-state index in [0.717, 1.165) is 29.5 Å². The molecule has 37 heavy (non-hydrogen) atoms. The zero-order valence-corrected chi connectivity index (χ0v) is 23.7. The molecule has 2 amide bonds. The summed E-state index contributed by atoms with van der Waals surface area (Å²) in [7, 11) is 0. The van der Waals surface area contributed by atoms with Gasteiger partial charge in [-0.3, -0.25) is 9.59 Å². The predicted molar refractivity (Wildman–Crippen MR) is 156 cm³/mol. The summed E-state index contributed by atoms with van der Waals surface area (Å²) < 4.78 is 0. The van der Waals surface area contributed by atoms with E-state index in [1.165, 1.54) is 5.56 Å². The smallest absolute Gasteiger partial charge is 0.243 e. The second kappa shape index (κ2) is 15.1. The standard InChI is InChI=1S/C30H34Cl2N2O2S/c1-3-4-16-33-30(36)28(17-23-8-6-5-7-9-23)34(19-25-14-15-26(31)18-27(25)32)29(35)21-37-20-24-12-10-22(2)11-13-24/h5-15,18,28H,3-4,16-17,19-21H2,1-2H3,(H,33,36)/t28-/m1/s1. The monoisotopic (exact) mass is 556 g/mol. The molecule has 0 radical (unpaired) electrons. The SMILES string of the molecule is CCCCNC(=O)[C@@H](Cc1ccccc1)N(Cc1ccc(Cl)cc1Cl)C(=O)CSCc1ccc(C)cc1. The van der Waals surface area contributed by atoms with Crippen LogP contribution in [0.3, 0.4) is 0 Å². The largest absolute Gasteiger partial charge is 0.354 e. The minimum Gasteiger partial charge on any atom is -0.354 e. The topological polar surface area (TPSA) is 49.4 Å². The van der Waals surface area contributed by atoms with Crippen molar-refractivity contribution in [1.29, 1.82) is 0 Å². The van der Waals surface area contributed by atoms with Gasteiger partial charge in [0.2, 0.25) is 11.8 Å². The van der Waals surface area contributed by atoms with Gasteiger partial charge in [-0.1, -0.05) is 103 Å². The lowest BCUT2D eigenvalue weighted by molar-refractivity contribution is -0.139. The van der Waals surface area contributed by atoms with Crippen LogP contribution in [0.2, 0.25) is 10.0 Å². The van der Waals surface area contributed by atoms with Gasteiger partial charge in [0.25, 0.3) is 0 Å². The van der Waals surface area contributed by atoms with E-state index in [2.05, 4.69) is 43.4 Å². The average Bonchev–Trinajstić information content (AvgIpc) is 2.89. The summed E-state index contributed by atoms with van der Waals surface area (Å²) in [6.07, 6.45) is 2.27. The molecule has 0 aliphatic rings. The van der Waals surface area contributed by atoms with Gasteiger partial charge in [0, 0.05) is 35.3 Å². The van der Waals surface area contributed by atoms with E-state index in [1.807, 2.05) is 36.4 Å². The van der Waals surface area contributed by atoms with Gasteiger partial charge >= 0.3 is 0 Å². The van der Waals surface area contributed by atoms with Gasteiger partial charge in [0.15, 0.2) is 0 Å². The molecule has 3 aromatic carbocycles. The first-order chi connectivity index (χ1) is 17.9. The summed E-state index contributed by atoms with van der Waals surface area (Å²) in [6.45, 7) is 4.93. The lowest BCUT2D eigenvalue weighted by atomic mass is 10.0. The molecule has 0 aliphatic heterocycles. The second-order valence-electron chi connectivity index (χ2n) is 9.09. The molecular weight excluding hydrogens is 523 g/mol. The Hall–Kier alpha value is -2.47. The van der Waals surface area contributed by atoms with Gasteiger partial charge in [0.1, 0.15) is 6.04 Å². The van der Waals surface area contributed by atoms with E-state index in [1.54, 1.807) is 28.8 Å². The van der Waals surface area contributed by atoms with Crippen molar-refractivity contribution in [2.45, 2.75) is 51.4 Å². The van der Waals surface area contributed by atoms with E-state index in [-0.39, 0.29) is 24.1 Å². The summed E-state index contributed by atoms with van der Waals surface area (Å²) in [5.74, 6) is 0.717. The van der Waals surface area contributed by atoms with Crippen LogP contribution >= 0.6 is 35.0 Å². The number of rotatable bonds is 13. The molecule has 0 saturated carbocycles.